The molecule has 0 aromatic carbocycles. The largest absolute Gasteiger partial charge is 0.465 e. The van der Waals surface area contributed by atoms with Crippen LogP contribution in [0, 0.1) is 0 Å². The number of carbonyl (C=O) groups excluding carboxylic acids is 2. The monoisotopic (exact) mass is 251 g/mol. The van der Waals surface area contributed by atoms with E-state index in [1.165, 1.54) is 0 Å². The highest BCUT2D eigenvalue weighted by molar-refractivity contribution is 7.12. The minimum absolute atomic E-state index is 0.377. The third-order valence-corrected chi connectivity index (χ3v) is 2.55. The molecule has 0 unspecified atom stereocenters. The Bertz CT molecular complexity index is 460. The fourth-order valence-electron chi connectivity index (χ4n) is 0.947. The van der Waals surface area contributed by atoms with Gasteiger partial charge in [0.25, 0.3) is 0 Å². The summed E-state index contributed by atoms with van der Waals surface area (Å²) in [4.78, 5) is 23.6. The van der Waals surface area contributed by atoms with Crippen molar-refractivity contribution < 1.29 is 27.5 Å². The molecule has 0 aliphatic heterocycles. The first kappa shape index (κ1) is 12.4. The van der Waals surface area contributed by atoms with Crippen molar-refractivity contribution in [1.29, 1.82) is 0 Å². The first-order valence-electron chi connectivity index (χ1n) is 3.76. The van der Waals surface area contributed by atoms with Crippen LogP contribution < -0.4 is 0 Å². The molecule has 1 aromatic rings. The van der Waals surface area contributed by atoms with Gasteiger partial charge in [0.1, 0.15) is 10.6 Å². The number of esters is 1. The highest BCUT2D eigenvalue weighted by Gasteiger charge is 2.37. The molecule has 8 heteroatoms. The van der Waals surface area contributed by atoms with Gasteiger partial charge in [0.2, 0.25) is 6.08 Å². The van der Waals surface area contributed by atoms with Crippen molar-refractivity contribution in [2.75, 3.05) is 7.11 Å². The van der Waals surface area contributed by atoms with E-state index in [1.54, 1.807) is 0 Å². The number of methoxy groups -OCH3 is 1. The molecular formula is C8H4F3NO3S. The molecule has 4 nitrogen and oxygen atoms in total. The number of halogens is 3. The summed E-state index contributed by atoms with van der Waals surface area (Å²) in [5.41, 5.74) is -1.90. The summed E-state index contributed by atoms with van der Waals surface area (Å²) in [6, 6.07) is 0. The van der Waals surface area contributed by atoms with Crippen molar-refractivity contribution in [1.82, 2.24) is 0 Å². The minimum atomic E-state index is -4.68. The van der Waals surface area contributed by atoms with Crippen LogP contribution in [-0.2, 0) is 15.7 Å². The normalized spacial score (nSPS) is 10.8. The highest BCUT2D eigenvalue weighted by atomic mass is 32.1. The Morgan fingerprint density at radius 3 is 2.62 bits per heavy atom. The first-order valence-corrected chi connectivity index (χ1v) is 4.64. The average molecular weight is 251 g/mol. The summed E-state index contributed by atoms with van der Waals surface area (Å²) in [5, 5.41) is 0.697. The second-order valence-corrected chi connectivity index (χ2v) is 3.40. The maximum atomic E-state index is 12.4. The van der Waals surface area contributed by atoms with Crippen molar-refractivity contribution in [3.05, 3.63) is 15.8 Å². The quantitative estimate of drug-likeness (QED) is 0.461. The van der Waals surface area contributed by atoms with Crippen LogP contribution in [0.4, 0.5) is 18.9 Å². The van der Waals surface area contributed by atoms with Crippen molar-refractivity contribution >= 4 is 29.1 Å². The molecular weight excluding hydrogens is 247 g/mol. The molecule has 0 fully saturated rings. The SMILES string of the molecule is COC(=O)c1scc(C(F)(F)F)c1N=C=O. The van der Waals surface area contributed by atoms with Gasteiger partial charge in [0.15, 0.2) is 0 Å². The Balaban J connectivity index is 3.39. The summed E-state index contributed by atoms with van der Waals surface area (Å²) < 4.78 is 41.5. The predicted molar refractivity (Wildman–Crippen MR) is 48.4 cm³/mol. The van der Waals surface area contributed by atoms with E-state index in [2.05, 4.69) is 9.73 Å². The van der Waals surface area contributed by atoms with Crippen molar-refractivity contribution in [2.45, 2.75) is 6.18 Å². The van der Waals surface area contributed by atoms with Gasteiger partial charge in [-0.3, -0.25) is 0 Å². The molecule has 1 heterocycles. The van der Waals surface area contributed by atoms with Crippen LogP contribution in [-0.4, -0.2) is 19.2 Å². The second-order valence-electron chi connectivity index (χ2n) is 2.52. The fourth-order valence-corrected chi connectivity index (χ4v) is 1.87. The lowest BCUT2D eigenvalue weighted by Crippen LogP contribution is -2.05. The number of alkyl halides is 3. The van der Waals surface area contributed by atoms with Gasteiger partial charge in [0, 0.05) is 5.38 Å². The molecule has 0 radical (unpaired) electrons. The smallest absolute Gasteiger partial charge is 0.419 e. The lowest BCUT2D eigenvalue weighted by atomic mass is 10.2. The minimum Gasteiger partial charge on any atom is -0.465 e. The van der Waals surface area contributed by atoms with E-state index >= 15 is 0 Å². The van der Waals surface area contributed by atoms with E-state index in [0.29, 0.717) is 16.7 Å². The van der Waals surface area contributed by atoms with Gasteiger partial charge in [-0.25, -0.2) is 9.59 Å². The zero-order chi connectivity index (χ0) is 12.3. The summed E-state index contributed by atoms with van der Waals surface area (Å²) >= 11 is 0.508. The lowest BCUT2D eigenvalue weighted by molar-refractivity contribution is -0.136. The van der Waals surface area contributed by atoms with Gasteiger partial charge in [0.05, 0.1) is 12.7 Å². The standard InChI is InChI=1S/C8H4F3NO3S/c1-15-7(14)6-5(12-3-13)4(2-16-6)8(9,10)11/h2H,1H3. The van der Waals surface area contributed by atoms with Crippen molar-refractivity contribution in [3.63, 3.8) is 0 Å². The number of hydrogen-bond donors (Lipinski definition) is 0. The lowest BCUT2D eigenvalue weighted by Gasteiger charge is -2.04. The first-order chi connectivity index (χ1) is 7.41. The topological polar surface area (TPSA) is 55.7 Å². The molecule has 0 aliphatic carbocycles. The zero-order valence-corrected chi connectivity index (χ0v) is 8.61. The molecule has 0 N–H and O–H groups in total. The number of aliphatic imine (C=N–C) groups is 1. The maximum Gasteiger partial charge on any atom is 0.419 e. The van der Waals surface area contributed by atoms with Crippen LogP contribution in [0.3, 0.4) is 0 Å². The van der Waals surface area contributed by atoms with Crippen molar-refractivity contribution in [2.24, 2.45) is 4.99 Å². The molecule has 16 heavy (non-hydrogen) atoms. The Morgan fingerprint density at radius 1 is 1.56 bits per heavy atom. The molecule has 0 aliphatic rings. The molecule has 86 valence electrons. The van der Waals surface area contributed by atoms with Crippen molar-refractivity contribution in [3.8, 4) is 0 Å². The molecule has 0 saturated carbocycles. The van der Waals surface area contributed by atoms with E-state index in [-0.39, 0.29) is 4.88 Å². The number of carbonyl (C=O) groups is 1. The Hall–Kier alpha value is -1.66. The van der Waals surface area contributed by atoms with E-state index < -0.39 is 23.4 Å². The average Bonchev–Trinajstić information content (AvgIpc) is 2.60. The molecule has 0 saturated heterocycles. The molecule has 0 amide bonds. The Kier molecular flexibility index (Phi) is 3.46. The summed E-state index contributed by atoms with van der Waals surface area (Å²) in [7, 11) is 1.02. The second kappa shape index (κ2) is 4.46. The van der Waals surface area contributed by atoms with Gasteiger partial charge in [-0.15, -0.1) is 11.3 Å². The molecule has 0 atom stereocenters. The van der Waals surface area contributed by atoms with Gasteiger partial charge in [-0.05, 0) is 0 Å². The van der Waals surface area contributed by atoms with Crippen LogP contribution in [0.15, 0.2) is 10.4 Å². The van der Waals surface area contributed by atoms with Crippen LogP contribution in [0.2, 0.25) is 0 Å². The van der Waals surface area contributed by atoms with E-state index in [1.807, 2.05) is 0 Å². The van der Waals surface area contributed by atoms with E-state index in [0.717, 1.165) is 13.2 Å². The molecule has 1 rings (SSSR count). The number of nitrogens with zero attached hydrogens (tertiary/aromatic N) is 1. The van der Waals surface area contributed by atoms with Crippen LogP contribution in [0.25, 0.3) is 0 Å². The van der Waals surface area contributed by atoms with E-state index in [9.17, 15) is 22.8 Å². The number of isocyanates is 1. The van der Waals surface area contributed by atoms with Gasteiger partial charge in [-0.2, -0.15) is 18.2 Å². The predicted octanol–water partition coefficient (Wildman–Crippen LogP) is 2.52. The number of ether oxygens (including phenoxy) is 1. The Labute approximate surface area is 91.4 Å². The summed E-state index contributed by atoms with van der Waals surface area (Å²) in [6.45, 7) is 0. The van der Waals surface area contributed by atoms with Crippen LogP contribution >= 0.6 is 11.3 Å². The zero-order valence-electron chi connectivity index (χ0n) is 7.79. The maximum absolute atomic E-state index is 12.4. The Morgan fingerprint density at radius 2 is 2.19 bits per heavy atom. The molecule has 0 bridgehead atoms. The fraction of sp³-hybridized carbons (Fsp3) is 0.250. The highest BCUT2D eigenvalue weighted by Crippen LogP contribution is 2.41. The van der Waals surface area contributed by atoms with Gasteiger partial charge < -0.3 is 4.74 Å². The van der Waals surface area contributed by atoms with E-state index in [4.69, 9.17) is 0 Å². The number of hydrogen-bond acceptors (Lipinski definition) is 5. The van der Waals surface area contributed by atoms with Gasteiger partial charge >= 0.3 is 12.1 Å². The summed E-state index contributed by atoms with van der Waals surface area (Å²) in [5.74, 6) is -0.977. The van der Waals surface area contributed by atoms with Crippen LogP contribution in [0.1, 0.15) is 15.2 Å². The molecule has 1 aromatic heterocycles. The summed E-state index contributed by atoms with van der Waals surface area (Å²) in [6.07, 6.45) is -3.71. The third-order valence-electron chi connectivity index (χ3n) is 1.60. The number of thiophene rings is 1. The van der Waals surface area contributed by atoms with Crippen LogP contribution in [0.5, 0.6) is 0 Å². The van der Waals surface area contributed by atoms with Gasteiger partial charge in [-0.1, -0.05) is 0 Å². The molecule has 0 spiro atoms. The number of rotatable bonds is 2. The third kappa shape index (κ3) is 2.29.